The van der Waals surface area contributed by atoms with E-state index in [0.717, 1.165) is 10.5 Å². The van der Waals surface area contributed by atoms with Gasteiger partial charge in [0, 0.05) is 0 Å². The van der Waals surface area contributed by atoms with Gasteiger partial charge in [-0.25, -0.2) is 59.2 Å². The monoisotopic (exact) mass is 634 g/mol. The van der Waals surface area contributed by atoms with Crippen molar-refractivity contribution >= 4 is 39.4 Å². The lowest BCUT2D eigenvalue weighted by atomic mass is 10.3. The van der Waals surface area contributed by atoms with Gasteiger partial charge >= 0.3 is 15.3 Å². The zero-order valence-electron chi connectivity index (χ0n) is 16.5. The summed E-state index contributed by atoms with van der Waals surface area (Å²) in [5.41, 5.74) is 9.94. The predicted octanol–water partition coefficient (Wildman–Crippen LogP) is 4.85. The van der Waals surface area contributed by atoms with Gasteiger partial charge in [0.1, 0.15) is 9.79 Å². The average Bonchev–Trinajstić information content (AvgIpc) is 2.82. The maximum atomic E-state index is 13.5. The molecule has 6 N–H and O–H groups in total. The van der Waals surface area contributed by atoms with Crippen LogP contribution in [0, 0.1) is 58.2 Å². The van der Waals surface area contributed by atoms with Gasteiger partial charge in [-0.15, -0.1) is 18.6 Å². The zero-order valence-corrected chi connectivity index (χ0v) is 19.9. The highest BCUT2D eigenvalue weighted by atomic mass is 32.2. The Morgan fingerprint density at radius 1 is 0.514 bits per heavy atom. The number of hydrogen-bond donors (Lipinski definition) is 4. The van der Waals surface area contributed by atoms with Crippen LogP contribution in [0.1, 0.15) is 0 Å². The number of rotatable bonds is 12. The van der Waals surface area contributed by atoms with Crippen molar-refractivity contribution in [3.63, 3.8) is 0 Å². The van der Waals surface area contributed by atoms with E-state index in [1.165, 1.54) is 0 Å². The molecular weight excluding hydrogens is 628 g/mol. The van der Waals surface area contributed by atoms with Crippen LogP contribution in [0.2, 0.25) is 0 Å². The van der Waals surface area contributed by atoms with Gasteiger partial charge < -0.3 is 0 Å². The predicted molar refractivity (Wildman–Crippen MR) is 99.5 cm³/mol. The molecule has 0 aliphatic carbocycles. The lowest BCUT2D eigenvalue weighted by Gasteiger charge is -2.18. The first-order chi connectivity index (χ1) is 17.0. The van der Waals surface area contributed by atoms with Gasteiger partial charge in [0.2, 0.25) is 11.6 Å². The minimum absolute atomic E-state index is 0.626. The maximum Gasteiger partial charge on any atom is 0.370 e. The second-order valence-electron chi connectivity index (χ2n) is 5.73. The summed E-state index contributed by atoms with van der Waals surface area (Å²) in [6, 6.07) is 0. The van der Waals surface area contributed by atoms with Crippen molar-refractivity contribution < 1.29 is 76.0 Å². The third-order valence-electron chi connectivity index (χ3n) is 3.21. The summed E-state index contributed by atoms with van der Waals surface area (Å²) < 4.78 is 168. The molecule has 0 amide bonds. The summed E-state index contributed by atoms with van der Waals surface area (Å²) in [5, 5.41) is 2.33. The van der Waals surface area contributed by atoms with Gasteiger partial charge in [0.15, 0.2) is 46.5 Å². The molecule has 208 valence electrons. The molecule has 0 aliphatic heterocycles. The molecular formula is C12H6F10N4O7P2S2. The van der Waals surface area contributed by atoms with E-state index in [-0.39, 0.29) is 0 Å². The normalized spacial score (nSPS) is 15.0. The van der Waals surface area contributed by atoms with Gasteiger partial charge in [0.25, 0.3) is 0 Å². The van der Waals surface area contributed by atoms with E-state index < -0.39 is 107 Å². The van der Waals surface area contributed by atoms with Crippen molar-refractivity contribution in [3.8, 4) is 0 Å². The largest absolute Gasteiger partial charge is 0.370 e. The summed E-state index contributed by atoms with van der Waals surface area (Å²) in [6.07, 6.45) is 0. The van der Waals surface area contributed by atoms with E-state index in [9.17, 15) is 53.0 Å². The molecule has 11 nitrogen and oxygen atoms in total. The van der Waals surface area contributed by atoms with Crippen molar-refractivity contribution in [1.29, 1.82) is 0 Å². The van der Waals surface area contributed by atoms with E-state index >= 15 is 0 Å². The highest BCUT2D eigenvalue weighted by molar-refractivity contribution is 7.94. The van der Waals surface area contributed by atoms with E-state index in [1.807, 2.05) is 0 Å². The maximum absolute atomic E-state index is 13.5. The van der Waals surface area contributed by atoms with Gasteiger partial charge in [0.05, 0.1) is 24.1 Å². The lowest BCUT2D eigenvalue weighted by molar-refractivity contribution is -0.224. The highest BCUT2D eigenvalue weighted by Crippen LogP contribution is 2.50. The van der Waals surface area contributed by atoms with Crippen LogP contribution < -0.4 is 21.5 Å². The second kappa shape index (κ2) is 12.6. The van der Waals surface area contributed by atoms with Crippen molar-refractivity contribution in [3.05, 3.63) is 58.2 Å². The van der Waals surface area contributed by atoms with Gasteiger partial charge in [-0.2, -0.15) is 0 Å². The third-order valence-corrected chi connectivity index (χ3v) is 7.13. The molecule has 0 saturated heterocycles. The van der Waals surface area contributed by atoms with Crippen LogP contribution in [0.4, 0.5) is 43.9 Å². The van der Waals surface area contributed by atoms with Crippen LogP contribution in [0.15, 0.2) is 9.79 Å². The Kier molecular flexibility index (Phi) is 10.8. The minimum Gasteiger partial charge on any atom is -0.253 e. The van der Waals surface area contributed by atoms with Crippen LogP contribution in [0.3, 0.4) is 0 Å². The quantitative estimate of drug-likeness (QED) is 0.0368. The first kappa shape index (κ1) is 31.8. The van der Waals surface area contributed by atoms with E-state index in [1.54, 1.807) is 0 Å². The Labute approximate surface area is 205 Å². The Hall–Kier alpha value is -1.46. The first-order valence-electron chi connectivity index (χ1n) is 8.07. The fraction of sp³-hybridized carbons (Fsp3) is 0. The SMILES string of the molecule is NP(=O)(NOOSc1c(F)c(F)c(F)c(F)c1F)OP(N)(=O)NOOSc1c(F)c(F)c(F)c(F)c1F. The number of nitrogens with one attached hydrogen (secondary N) is 2. The van der Waals surface area contributed by atoms with E-state index in [2.05, 4.69) is 23.0 Å². The van der Waals surface area contributed by atoms with E-state index in [0.29, 0.717) is 0 Å². The molecule has 2 atom stereocenters. The number of halogens is 10. The number of hydrogen-bond acceptors (Lipinski definition) is 9. The van der Waals surface area contributed by atoms with Crippen LogP contribution in [0.5, 0.6) is 0 Å². The second-order valence-corrected chi connectivity index (χ2v) is 10.6. The molecule has 2 rings (SSSR count). The van der Waals surface area contributed by atoms with Crippen molar-refractivity contribution in [2.24, 2.45) is 11.0 Å². The fourth-order valence-electron chi connectivity index (χ4n) is 1.77. The Bertz CT molecular complexity index is 1140. The van der Waals surface area contributed by atoms with Crippen molar-refractivity contribution in [2.75, 3.05) is 0 Å². The summed E-state index contributed by atoms with van der Waals surface area (Å²) >= 11 is -1.25. The Morgan fingerprint density at radius 2 is 0.757 bits per heavy atom. The smallest absolute Gasteiger partial charge is 0.253 e. The Balaban J connectivity index is 1.87. The van der Waals surface area contributed by atoms with Gasteiger partial charge in [-0.1, -0.05) is 10.5 Å². The molecule has 2 unspecified atom stereocenters. The summed E-state index contributed by atoms with van der Waals surface area (Å²) in [6.45, 7) is 0. The molecule has 0 saturated carbocycles. The van der Waals surface area contributed by atoms with Crippen molar-refractivity contribution in [2.45, 2.75) is 9.79 Å². The van der Waals surface area contributed by atoms with Crippen LogP contribution in [-0.2, 0) is 32.1 Å². The molecule has 2 aromatic carbocycles. The number of benzene rings is 2. The molecule has 0 radical (unpaired) electrons. The van der Waals surface area contributed by atoms with E-state index in [4.69, 9.17) is 11.0 Å². The zero-order chi connectivity index (χ0) is 28.3. The summed E-state index contributed by atoms with van der Waals surface area (Å²) in [5.74, 6) is -23.6. The molecule has 0 spiro atoms. The van der Waals surface area contributed by atoms with Gasteiger partial charge in [-0.3, -0.25) is 9.13 Å². The lowest BCUT2D eigenvalue weighted by Crippen LogP contribution is -2.23. The molecule has 25 heteroatoms. The highest BCUT2D eigenvalue weighted by Gasteiger charge is 2.32. The van der Waals surface area contributed by atoms with Crippen LogP contribution >= 0.6 is 39.4 Å². The minimum atomic E-state index is -4.99. The third kappa shape index (κ3) is 7.79. The first-order valence-corrected chi connectivity index (χ1v) is 12.9. The molecule has 0 aromatic heterocycles. The molecule has 0 fully saturated rings. The average molecular weight is 634 g/mol. The van der Waals surface area contributed by atoms with Crippen LogP contribution in [0.25, 0.3) is 0 Å². The van der Waals surface area contributed by atoms with Crippen molar-refractivity contribution in [1.82, 2.24) is 10.5 Å². The fourth-order valence-corrected chi connectivity index (χ4v) is 4.78. The molecule has 37 heavy (non-hydrogen) atoms. The van der Waals surface area contributed by atoms with Crippen LogP contribution in [-0.4, -0.2) is 0 Å². The van der Waals surface area contributed by atoms with Gasteiger partial charge in [-0.05, 0) is 0 Å². The Morgan fingerprint density at radius 3 is 1.03 bits per heavy atom. The topological polar surface area (TPSA) is 156 Å². The molecule has 2 aromatic rings. The molecule has 0 heterocycles. The summed E-state index contributed by atoms with van der Waals surface area (Å²) in [7, 11) is -9.97. The standard InChI is InChI=1S/C12H6F10N4O7P2S2/c13-1-3(15)7(19)11(8(20)4(1)16)36-31-29-25-34(23,27)33-35(24,28)26-30-32-37-12-9(21)5(17)2(14)6(18)10(12)22/h(H3,23,25,27)(H3,24,26,28). The molecule has 0 bridgehead atoms. The summed E-state index contributed by atoms with van der Waals surface area (Å²) in [4.78, 5) is 4.54. The molecule has 0 aliphatic rings. The number of nitrogens with two attached hydrogens (primary N) is 2.